The van der Waals surface area contributed by atoms with Crippen LogP contribution in [0.5, 0.6) is 0 Å². The summed E-state index contributed by atoms with van der Waals surface area (Å²) in [5, 5.41) is 6.47. The molecule has 98 valence electrons. The molecule has 1 aromatic rings. The highest BCUT2D eigenvalue weighted by Crippen LogP contribution is 2.14. The molecule has 1 heterocycles. The summed E-state index contributed by atoms with van der Waals surface area (Å²) in [6.45, 7) is 6.26. The van der Waals surface area contributed by atoms with Crippen LogP contribution in [0.4, 0.5) is 0 Å². The number of benzene rings is 1. The zero-order valence-electron chi connectivity index (χ0n) is 11.2. The third kappa shape index (κ3) is 2.91. The summed E-state index contributed by atoms with van der Waals surface area (Å²) in [6.07, 6.45) is 2.04. The predicted molar refractivity (Wildman–Crippen MR) is 73.7 cm³/mol. The summed E-state index contributed by atoms with van der Waals surface area (Å²) < 4.78 is 0. The number of nitrogens with one attached hydrogen (secondary N) is 2. The number of aryl methyl sites for hydroxylation is 1. The lowest BCUT2D eigenvalue weighted by atomic mass is 9.99. The second-order valence-electron chi connectivity index (χ2n) is 5.03. The van der Waals surface area contributed by atoms with Crippen molar-refractivity contribution >= 4 is 5.91 Å². The molecule has 1 aromatic carbocycles. The van der Waals surface area contributed by atoms with Crippen molar-refractivity contribution in [3.8, 4) is 0 Å². The Hall–Kier alpha value is -1.35. The number of rotatable bonds is 4. The van der Waals surface area contributed by atoms with Crippen LogP contribution in [-0.4, -0.2) is 25.0 Å². The molecular weight excluding hydrogens is 224 g/mol. The van der Waals surface area contributed by atoms with Gasteiger partial charge in [-0.25, -0.2) is 0 Å². The third-order valence-electron chi connectivity index (χ3n) is 3.81. The van der Waals surface area contributed by atoms with Gasteiger partial charge < -0.3 is 10.6 Å². The lowest BCUT2D eigenvalue weighted by Gasteiger charge is -2.20. The van der Waals surface area contributed by atoms with Crippen molar-refractivity contribution in [1.82, 2.24) is 10.6 Å². The lowest BCUT2D eigenvalue weighted by molar-refractivity contribution is 0.0928. The predicted octanol–water partition coefficient (Wildman–Crippen LogP) is 1.98. The maximum absolute atomic E-state index is 12.3. The van der Waals surface area contributed by atoms with Crippen molar-refractivity contribution in [3.63, 3.8) is 0 Å². The summed E-state index contributed by atoms with van der Waals surface area (Å²) in [5.41, 5.74) is 1.93. The molecule has 2 rings (SSSR count). The molecule has 2 N–H and O–H groups in total. The van der Waals surface area contributed by atoms with Crippen LogP contribution in [0.1, 0.15) is 36.2 Å². The van der Waals surface area contributed by atoms with E-state index in [2.05, 4.69) is 24.5 Å². The fourth-order valence-corrected chi connectivity index (χ4v) is 2.56. The van der Waals surface area contributed by atoms with Crippen LogP contribution in [0, 0.1) is 5.92 Å². The van der Waals surface area contributed by atoms with Crippen molar-refractivity contribution in [2.75, 3.05) is 13.1 Å². The Morgan fingerprint density at radius 3 is 2.94 bits per heavy atom. The van der Waals surface area contributed by atoms with Gasteiger partial charge in [0.15, 0.2) is 0 Å². The van der Waals surface area contributed by atoms with Gasteiger partial charge in [0, 0.05) is 11.6 Å². The monoisotopic (exact) mass is 246 g/mol. The molecule has 0 radical (unpaired) electrons. The first-order valence-electron chi connectivity index (χ1n) is 6.82. The molecule has 1 fully saturated rings. The van der Waals surface area contributed by atoms with Crippen LogP contribution < -0.4 is 10.6 Å². The van der Waals surface area contributed by atoms with Crippen LogP contribution >= 0.6 is 0 Å². The minimum atomic E-state index is 0.0619. The van der Waals surface area contributed by atoms with Gasteiger partial charge in [-0.15, -0.1) is 0 Å². The van der Waals surface area contributed by atoms with Crippen molar-refractivity contribution in [3.05, 3.63) is 35.4 Å². The first-order chi connectivity index (χ1) is 8.72. The standard InChI is InChI=1S/C15H22N2O/c1-3-12-6-4-5-7-14(12)15(18)17-11(2)13-8-9-16-10-13/h4-7,11,13,16H,3,8-10H2,1-2H3,(H,17,18). The fourth-order valence-electron chi connectivity index (χ4n) is 2.56. The average Bonchev–Trinajstić information content (AvgIpc) is 2.92. The zero-order valence-corrected chi connectivity index (χ0v) is 11.2. The largest absolute Gasteiger partial charge is 0.349 e. The van der Waals surface area contributed by atoms with Crippen LogP contribution in [-0.2, 0) is 6.42 Å². The highest BCUT2D eigenvalue weighted by Gasteiger charge is 2.23. The molecule has 0 saturated carbocycles. The average molecular weight is 246 g/mol. The van der Waals surface area contributed by atoms with Crippen molar-refractivity contribution in [2.24, 2.45) is 5.92 Å². The zero-order chi connectivity index (χ0) is 13.0. The van der Waals surface area contributed by atoms with Gasteiger partial charge in [-0.1, -0.05) is 25.1 Å². The number of carbonyl (C=O) groups is 1. The van der Waals surface area contributed by atoms with Gasteiger partial charge in [0.25, 0.3) is 5.91 Å². The Bertz CT molecular complexity index is 411. The van der Waals surface area contributed by atoms with Crippen molar-refractivity contribution in [2.45, 2.75) is 32.7 Å². The van der Waals surface area contributed by atoms with Gasteiger partial charge in [0.1, 0.15) is 0 Å². The third-order valence-corrected chi connectivity index (χ3v) is 3.81. The quantitative estimate of drug-likeness (QED) is 0.853. The van der Waals surface area contributed by atoms with Crippen LogP contribution in [0.25, 0.3) is 0 Å². The van der Waals surface area contributed by atoms with Gasteiger partial charge in [0.05, 0.1) is 0 Å². The molecule has 1 aliphatic heterocycles. The smallest absolute Gasteiger partial charge is 0.251 e. The molecule has 2 atom stereocenters. The Morgan fingerprint density at radius 2 is 2.28 bits per heavy atom. The van der Waals surface area contributed by atoms with E-state index in [4.69, 9.17) is 0 Å². The number of carbonyl (C=O) groups excluding carboxylic acids is 1. The van der Waals surface area contributed by atoms with Crippen LogP contribution in [0.15, 0.2) is 24.3 Å². The fraction of sp³-hybridized carbons (Fsp3) is 0.533. The van der Waals surface area contributed by atoms with E-state index >= 15 is 0 Å². The number of hydrogen-bond acceptors (Lipinski definition) is 2. The highest BCUT2D eigenvalue weighted by molar-refractivity contribution is 5.95. The minimum absolute atomic E-state index is 0.0619. The van der Waals surface area contributed by atoms with Crippen LogP contribution in [0.2, 0.25) is 0 Å². The van der Waals surface area contributed by atoms with E-state index < -0.39 is 0 Å². The molecular formula is C15H22N2O. The minimum Gasteiger partial charge on any atom is -0.349 e. The topological polar surface area (TPSA) is 41.1 Å². The van der Waals surface area contributed by atoms with E-state index in [1.807, 2.05) is 24.3 Å². The number of hydrogen-bond donors (Lipinski definition) is 2. The van der Waals surface area contributed by atoms with Crippen molar-refractivity contribution in [1.29, 1.82) is 0 Å². The first kappa shape index (κ1) is 13.1. The summed E-state index contributed by atoms with van der Waals surface area (Å²) in [6, 6.07) is 8.08. The molecule has 0 spiro atoms. The second kappa shape index (κ2) is 6.01. The van der Waals surface area contributed by atoms with E-state index in [1.165, 1.54) is 0 Å². The molecule has 1 amide bonds. The Kier molecular flexibility index (Phi) is 4.37. The molecule has 18 heavy (non-hydrogen) atoms. The van der Waals surface area contributed by atoms with Gasteiger partial charge in [-0.3, -0.25) is 4.79 Å². The maximum Gasteiger partial charge on any atom is 0.251 e. The normalized spacial score (nSPS) is 20.7. The Balaban J connectivity index is 2.02. The summed E-state index contributed by atoms with van der Waals surface area (Å²) in [5.74, 6) is 0.620. The van der Waals surface area contributed by atoms with E-state index in [-0.39, 0.29) is 11.9 Å². The van der Waals surface area contributed by atoms with E-state index in [9.17, 15) is 4.79 Å². The van der Waals surface area contributed by atoms with E-state index in [0.717, 1.165) is 37.1 Å². The summed E-state index contributed by atoms with van der Waals surface area (Å²) >= 11 is 0. The maximum atomic E-state index is 12.3. The molecule has 1 aliphatic rings. The van der Waals surface area contributed by atoms with Gasteiger partial charge in [-0.05, 0) is 50.4 Å². The summed E-state index contributed by atoms with van der Waals surface area (Å²) in [4.78, 5) is 12.3. The molecule has 2 unspecified atom stereocenters. The van der Waals surface area contributed by atoms with Crippen LogP contribution in [0.3, 0.4) is 0 Å². The molecule has 0 aromatic heterocycles. The lowest BCUT2D eigenvalue weighted by Crippen LogP contribution is -2.39. The summed E-state index contributed by atoms with van der Waals surface area (Å²) in [7, 11) is 0. The molecule has 3 nitrogen and oxygen atoms in total. The van der Waals surface area contributed by atoms with Gasteiger partial charge in [-0.2, -0.15) is 0 Å². The van der Waals surface area contributed by atoms with E-state index in [0.29, 0.717) is 5.92 Å². The van der Waals surface area contributed by atoms with Crippen molar-refractivity contribution < 1.29 is 4.79 Å². The van der Waals surface area contributed by atoms with E-state index in [1.54, 1.807) is 0 Å². The molecule has 1 saturated heterocycles. The molecule has 0 aliphatic carbocycles. The van der Waals surface area contributed by atoms with Gasteiger partial charge >= 0.3 is 0 Å². The molecule has 3 heteroatoms. The Labute approximate surface area is 109 Å². The Morgan fingerprint density at radius 1 is 1.50 bits per heavy atom. The second-order valence-corrected chi connectivity index (χ2v) is 5.03. The van der Waals surface area contributed by atoms with Gasteiger partial charge in [0.2, 0.25) is 0 Å². The first-order valence-corrected chi connectivity index (χ1v) is 6.82. The SMILES string of the molecule is CCc1ccccc1C(=O)NC(C)C1CCNC1. The molecule has 0 bridgehead atoms. The number of amides is 1. The highest BCUT2D eigenvalue weighted by atomic mass is 16.1.